The Hall–Kier alpha value is -2.61. The van der Waals surface area contributed by atoms with E-state index in [9.17, 15) is 0 Å². The summed E-state index contributed by atoms with van der Waals surface area (Å²) in [6.45, 7) is 20.1. The molecule has 1 aliphatic carbocycles. The van der Waals surface area contributed by atoms with Gasteiger partial charge in [0, 0.05) is 9.52 Å². The van der Waals surface area contributed by atoms with Crippen molar-refractivity contribution < 1.29 is 20.8 Å². The number of hydrogen-bond acceptors (Lipinski definition) is 0. The molecule has 0 heterocycles. The summed E-state index contributed by atoms with van der Waals surface area (Å²) in [6.07, 6.45) is 3.37. The van der Waals surface area contributed by atoms with Crippen molar-refractivity contribution in [2.75, 3.05) is 0 Å². The van der Waals surface area contributed by atoms with Crippen molar-refractivity contribution in [2.24, 2.45) is 0 Å². The summed E-state index contributed by atoms with van der Waals surface area (Å²) in [4.78, 5) is 0. The van der Waals surface area contributed by atoms with Crippen molar-refractivity contribution in [1.29, 1.82) is 0 Å². The van der Waals surface area contributed by atoms with E-state index in [4.69, 9.17) is 17.0 Å². The second kappa shape index (κ2) is 18.9. The van der Waals surface area contributed by atoms with Crippen LogP contribution >= 0.6 is 17.0 Å². The van der Waals surface area contributed by atoms with Crippen LogP contribution in [0.4, 0.5) is 0 Å². The third kappa shape index (κ3) is 11.0. The number of fused-ring (bicyclic) bond motifs is 4. The van der Waals surface area contributed by atoms with Gasteiger partial charge in [-0.2, -0.15) is 29.8 Å². The standard InChI is InChI=1S/C24H21.C21H25.C2H6Si.2ClH.Zr/c1-2-7-18-16-22-10-6-11-23(24(22)17-18)21-14-12-20(13-15-21)19-8-4-3-5-9-19;1-20(2,3)16-7-9-18-14(12-16)11-15-13-17(21(4,5)6)8-10-19(15)18;1-3-2;;;/h3-6,8-17H,2,7H2,1H3;7-10,12H,11H2,1-6H3;1-2H3;2*1H;/q2*-1;;;;+4/p-2. The van der Waals surface area contributed by atoms with Crippen LogP contribution < -0.4 is 0 Å². The minimum atomic E-state index is -0.826. The van der Waals surface area contributed by atoms with E-state index < -0.39 is 20.8 Å². The Morgan fingerprint density at radius 1 is 0.686 bits per heavy atom. The maximum absolute atomic E-state index is 4.93. The molecule has 0 saturated carbocycles. The molecule has 6 aromatic rings. The van der Waals surface area contributed by atoms with Crippen LogP contribution in [0.5, 0.6) is 0 Å². The second-order valence-electron chi connectivity index (χ2n) is 15.2. The van der Waals surface area contributed by atoms with E-state index in [0.717, 1.165) is 22.4 Å². The molecule has 0 N–H and O–H groups in total. The molecule has 262 valence electrons. The van der Waals surface area contributed by atoms with Crippen LogP contribution in [0, 0.1) is 6.07 Å². The molecule has 7 rings (SSSR count). The van der Waals surface area contributed by atoms with Gasteiger partial charge in [-0.3, -0.25) is 0 Å². The van der Waals surface area contributed by atoms with Crippen molar-refractivity contribution >= 4 is 37.3 Å². The fourth-order valence-electron chi connectivity index (χ4n) is 6.48. The molecule has 51 heavy (non-hydrogen) atoms. The van der Waals surface area contributed by atoms with Gasteiger partial charge >= 0.3 is 37.9 Å². The zero-order valence-electron chi connectivity index (χ0n) is 31.8. The molecule has 0 amide bonds. The minimum absolute atomic E-state index is 0.167. The molecule has 0 aromatic heterocycles. The molecule has 4 heteroatoms. The van der Waals surface area contributed by atoms with Gasteiger partial charge in [0.25, 0.3) is 0 Å². The van der Waals surface area contributed by atoms with Gasteiger partial charge in [-0.05, 0) is 51.5 Å². The second-order valence-corrected chi connectivity index (χ2v) is 20.0. The van der Waals surface area contributed by atoms with Gasteiger partial charge < -0.3 is 0 Å². The van der Waals surface area contributed by atoms with Crippen LogP contribution in [0.15, 0.2) is 115 Å². The molecule has 0 spiro atoms. The van der Waals surface area contributed by atoms with Crippen molar-refractivity contribution in [2.45, 2.75) is 91.7 Å². The molecule has 0 nitrogen and oxygen atoms in total. The van der Waals surface area contributed by atoms with E-state index in [1.807, 2.05) is 0 Å². The van der Waals surface area contributed by atoms with Crippen molar-refractivity contribution in [3.05, 3.63) is 149 Å². The molecular formula is C47H52Cl2SiZr. The van der Waals surface area contributed by atoms with E-state index in [-0.39, 0.29) is 10.8 Å². The predicted molar refractivity (Wildman–Crippen MR) is 225 cm³/mol. The van der Waals surface area contributed by atoms with E-state index in [1.165, 1.54) is 78.4 Å². The Kier molecular flexibility index (Phi) is 15.3. The van der Waals surface area contributed by atoms with Gasteiger partial charge in [-0.25, -0.2) is 0 Å². The molecule has 0 saturated heterocycles. The molecule has 2 radical (unpaired) electrons. The first-order valence-electron chi connectivity index (χ1n) is 17.9. The number of aryl methyl sites for hydroxylation is 1. The van der Waals surface area contributed by atoms with Crippen LogP contribution in [0.3, 0.4) is 0 Å². The van der Waals surface area contributed by atoms with Crippen molar-refractivity contribution in [1.82, 2.24) is 0 Å². The average Bonchev–Trinajstić information content (AvgIpc) is 3.69. The van der Waals surface area contributed by atoms with Gasteiger partial charge in [0.2, 0.25) is 0 Å². The van der Waals surface area contributed by atoms with Crippen LogP contribution in [0.25, 0.3) is 44.2 Å². The van der Waals surface area contributed by atoms with Gasteiger partial charge in [0.05, 0.1) is 0 Å². The normalized spacial score (nSPS) is 11.5. The number of hydrogen-bond donors (Lipinski definition) is 0. The SMILES string of the molecule is CC(C)(C)c1[c-]c2c(cc1)-c1ccc(C(C)(C)C)cc1C2.CCCc1cc2c(-c3ccc(-c4ccccc4)cc3)cccc2[cH-]1.C[Si]C.[Cl][Zr+2][Cl]. The van der Waals surface area contributed by atoms with Crippen LogP contribution in [-0.4, -0.2) is 9.52 Å². The molecule has 0 aliphatic heterocycles. The summed E-state index contributed by atoms with van der Waals surface area (Å²) in [5, 5.41) is 2.72. The average molecular weight is 807 g/mol. The third-order valence-electron chi connectivity index (χ3n) is 9.12. The first-order chi connectivity index (χ1) is 24.3. The summed E-state index contributed by atoms with van der Waals surface area (Å²) in [7, 11) is 11.0. The Morgan fingerprint density at radius 3 is 1.90 bits per heavy atom. The Balaban J connectivity index is 0.000000200. The molecule has 0 unspecified atom stereocenters. The maximum atomic E-state index is 4.93. The number of benzene rings is 5. The first kappa shape index (κ1) is 41.2. The van der Waals surface area contributed by atoms with Gasteiger partial charge in [0.1, 0.15) is 0 Å². The zero-order chi connectivity index (χ0) is 37.2. The van der Waals surface area contributed by atoms with Crippen LogP contribution in [-0.2, 0) is 44.5 Å². The molecular weight excluding hydrogens is 755 g/mol. The molecule has 0 atom stereocenters. The van der Waals surface area contributed by atoms with E-state index in [1.54, 1.807) is 0 Å². The van der Waals surface area contributed by atoms with E-state index in [0.29, 0.717) is 0 Å². The van der Waals surface area contributed by atoms with Gasteiger partial charge in [-0.15, -0.1) is 45.7 Å². The van der Waals surface area contributed by atoms with Crippen molar-refractivity contribution in [3.8, 4) is 33.4 Å². The summed E-state index contributed by atoms with van der Waals surface area (Å²) in [6, 6.07) is 45.9. The quantitative estimate of drug-likeness (QED) is 0.123. The molecule has 1 aliphatic rings. The number of rotatable bonds is 4. The Bertz CT molecular complexity index is 1910. The van der Waals surface area contributed by atoms with E-state index >= 15 is 0 Å². The van der Waals surface area contributed by atoms with Crippen LogP contribution in [0.2, 0.25) is 13.1 Å². The fraction of sp³-hybridized carbons (Fsp3) is 0.298. The Labute approximate surface area is 329 Å². The summed E-state index contributed by atoms with van der Waals surface area (Å²) in [5.74, 6) is 0. The Morgan fingerprint density at radius 2 is 1.29 bits per heavy atom. The topological polar surface area (TPSA) is 0 Å². The summed E-state index contributed by atoms with van der Waals surface area (Å²) in [5.41, 5.74) is 15.3. The summed E-state index contributed by atoms with van der Waals surface area (Å²) < 4.78 is 0. The monoisotopic (exact) mass is 804 g/mol. The molecule has 0 bridgehead atoms. The van der Waals surface area contributed by atoms with Crippen molar-refractivity contribution in [3.63, 3.8) is 0 Å². The van der Waals surface area contributed by atoms with E-state index in [2.05, 4.69) is 183 Å². The van der Waals surface area contributed by atoms with Gasteiger partial charge in [0.15, 0.2) is 0 Å². The fourth-order valence-corrected chi connectivity index (χ4v) is 6.48. The van der Waals surface area contributed by atoms with Crippen LogP contribution in [0.1, 0.15) is 82.7 Å². The predicted octanol–water partition coefficient (Wildman–Crippen LogP) is 14.7. The number of halogens is 2. The first-order valence-corrected chi connectivity index (χ1v) is 26.3. The molecule has 6 aromatic carbocycles. The summed E-state index contributed by atoms with van der Waals surface area (Å²) >= 11 is -0.826. The molecule has 0 fully saturated rings. The van der Waals surface area contributed by atoms with Gasteiger partial charge in [-0.1, -0.05) is 158 Å². The zero-order valence-corrected chi connectivity index (χ0v) is 36.8. The third-order valence-corrected chi connectivity index (χ3v) is 9.12.